The Labute approximate surface area is 196 Å². The Morgan fingerprint density at radius 2 is 1.60 bits per heavy atom. The lowest BCUT2D eigenvalue weighted by Gasteiger charge is -2.22. The molecular weight excluding hydrogens is 472 g/mol. The monoisotopic (exact) mass is 494 g/mol. The zero-order valence-electron chi connectivity index (χ0n) is 18.9. The van der Waals surface area contributed by atoms with Gasteiger partial charge in [-0.2, -0.15) is 0 Å². The van der Waals surface area contributed by atoms with Gasteiger partial charge < -0.3 is 20.4 Å². The average Bonchev–Trinajstić information content (AvgIpc) is 3.05. The largest absolute Gasteiger partial charge is 0.389 e. The number of aliphatic hydroxyl groups is 2. The number of nitrogens with zero attached hydrogens (tertiary/aromatic N) is 3. The maximum atomic E-state index is 15.0. The summed E-state index contributed by atoms with van der Waals surface area (Å²) in [6.45, 7) is 4.57. The van der Waals surface area contributed by atoms with Crippen LogP contribution in [0.5, 0.6) is 0 Å². The number of aliphatic hydroxyl groups excluding tert-OH is 2. The fraction of sp³-hybridized carbons (Fsp3) is 0.348. The van der Waals surface area contributed by atoms with Gasteiger partial charge in [0.25, 0.3) is 5.91 Å². The number of fused-ring (bicyclic) bond motifs is 1. The van der Waals surface area contributed by atoms with Crippen molar-refractivity contribution >= 4 is 22.8 Å². The van der Waals surface area contributed by atoms with Gasteiger partial charge in [0.1, 0.15) is 17.1 Å². The van der Waals surface area contributed by atoms with E-state index in [9.17, 15) is 33.0 Å². The molecule has 1 saturated heterocycles. The molecule has 0 radical (unpaired) electrons. The molecule has 3 heterocycles. The maximum Gasteiger partial charge on any atom is 0.257 e. The van der Waals surface area contributed by atoms with Crippen LogP contribution in [0, 0.1) is 23.3 Å². The Kier molecular flexibility index (Phi) is 6.05. The first-order valence-corrected chi connectivity index (χ1v) is 10.6. The predicted molar refractivity (Wildman–Crippen MR) is 119 cm³/mol. The Morgan fingerprint density at radius 1 is 1.03 bits per heavy atom. The number of amides is 1. The molecule has 186 valence electrons. The summed E-state index contributed by atoms with van der Waals surface area (Å²) in [7, 11) is 0. The second-order valence-corrected chi connectivity index (χ2v) is 9.37. The van der Waals surface area contributed by atoms with E-state index in [4.69, 9.17) is 0 Å². The summed E-state index contributed by atoms with van der Waals surface area (Å²) in [5, 5.41) is 21.7. The summed E-state index contributed by atoms with van der Waals surface area (Å²) in [5.74, 6) is -6.19. The fourth-order valence-electron chi connectivity index (χ4n) is 3.88. The van der Waals surface area contributed by atoms with Gasteiger partial charge in [-0.15, -0.1) is 0 Å². The molecule has 1 aliphatic rings. The van der Waals surface area contributed by atoms with Crippen LogP contribution in [0.2, 0.25) is 0 Å². The molecule has 8 nitrogen and oxygen atoms in total. The number of pyridine rings is 2. The summed E-state index contributed by atoms with van der Waals surface area (Å²) < 4.78 is 58.9. The fourth-order valence-corrected chi connectivity index (χ4v) is 3.88. The van der Waals surface area contributed by atoms with Crippen molar-refractivity contribution in [1.29, 1.82) is 0 Å². The van der Waals surface area contributed by atoms with Crippen molar-refractivity contribution in [2.75, 3.05) is 18.0 Å². The number of anilines is 1. The van der Waals surface area contributed by atoms with E-state index in [1.165, 1.54) is 4.90 Å². The standard InChI is InChI=1S/C23H22F4N4O4/c1-23(2,3)29-22(35)12-7-31(18-13(25)4-10(24)5-14(18)26)20-11(19(12)34)6-15(27)21(28-20)30-8-16(32)17(33)9-30/h4-7,16-17,32-33H,8-9H2,1-3H3,(H,29,35)/t16-,17+. The van der Waals surface area contributed by atoms with Gasteiger partial charge in [0.15, 0.2) is 28.9 Å². The van der Waals surface area contributed by atoms with Crippen LogP contribution in [0.25, 0.3) is 16.7 Å². The van der Waals surface area contributed by atoms with E-state index in [-0.39, 0.29) is 13.1 Å². The molecule has 12 heteroatoms. The number of hydrogen-bond donors (Lipinski definition) is 3. The van der Waals surface area contributed by atoms with Crippen molar-refractivity contribution in [2.45, 2.75) is 38.5 Å². The molecule has 0 spiro atoms. The van der Waals surface area contributed by atoms with Gasteiger partial charge in [-0.3, -0.25) is 14.2 Å². The topological polar surface area (TPSA) is 108 Å². The van der Waals surface area contributed by atoms with Crippen LogP contribution >= 0.6 is 0 Å². The van der Waals surface area contributed by atoms with Gasteiger partial charge in [0.2, 0.25) is 5.43 Å². The van der Waals surface area contributed by atoms with Crippen LogP contribution in [0.4, 0.5) is 23.4 Å². The normalized spacial score (nSPS) is 18.4. The van der Waals surface area contributed by atoms with Gasteiger partial charge in [0.05, 0.1) is 17.6 Å². The molecule has 0 saturated carbocycles. The molecule has 1 aromatic carbocycles. The highest BCUT2D eigenvalue weighted by atomic mass is 19.1. The summed E-state index contributed by atoms with van der Waals surface area (Å²) in [4.78, 5) is 31.2. The summed E-state index contributed by atoms with van der Waals surface area (Å²) in [6, 6.07) is 1.59. The van der Waals surface area contributed by atoms with E-state index in [1.807, 2.05) is 0 Å². The van der Waals surface area contributed by atoms with Gasteiger partial charge in [-0.25, -0.2) is 22.5 Å². The molecule has 35 heavy (non-hydrogen) atoms. The minimum Gasteiger partial charge on any atom is -0.389 e. The molecule has 4 rings (SSSR count). The Morgan fingerprint density at radius 3 is 2.14 bits per heavy atom. The van der Waals surface area contributed by atoms with Crippen molar-refractivity contribution < 1.29 is 32.6 Å². The van der Waals surface area contributed by atoms with Crippen LogP contribution in [0.1, 0.15) is 31.1 Å². The number of carbonyl (C=O) groups is 1. The van der Waals surface area contributed by atoms with E-state index < -0.39 is 80.5 Å². The number of nitrogens with one attached hydrogen (secondary N) is 1. The first-order valence-electron chi connectivity index (χ1n) is 10.6. The van der Waals surface area contributed by atoms with E-state index in [0.29, 0.717) is 12.1 Å². The highest BCUT2D eigenvalue weighted by Gasteiger charge is 2.33. The van der Waals surface area contributed by atoms with Crippen molar-refractivity contribution in [3.63, 3.8) is 0 Å². The Hall–Kier alpha value is -3.51. The Balaban J connectivity index is 2.04. The van der Waals surface area contributed by atoms with Gasteiger partial charge >= 0.3 is 0 Å². The number of rotatable bonds is 3. The second kappa shape index (κ2) is 8.61. The molecule has 3 N–H and O–H groups in total. The second-order valence-electron chi connectivity index (χ2n) is 9.37. The molecule has 1 amide bonds. The van der Waals surface area contributed by atoms with Crippen molar-refractivity contribution in [1.82, 2.24) is 14.9 Å². The molecule has 0 unspecified atom stereocenters. The van der Waals surface area contributed by atoms with Crippen molar-refractivity contribution in [2.24, 2.45) is 0 Å². The van der Waals surface area contributed by atoms with Crippen LogP contribution in [-0.4, -0.2) is 56.5 Å². The van der Waals surface area contributed by atoms with E-state index in [2.05, 4.69) is 10.3 Å². The first kappa shape index (κ1) is 24.6. The van der Waals surface area contributed by atoms with Crippen LogP contribution in [-0.2, 0) is 0 Å². The average molecular weight is 494 g/mol. The smallest absolute Gasteiger partial charge is 0.257 e. The number of aromatic nitrogens is 2. The molecule has 2 atom stereocenters. The highest BCUT2D eigenvalue weighted by molar-refractivity contribution is 5.97. The van der Waals surface area contributed by atoms with Gasteiger partial charge in [-0.05, 0) is 26.8 Å². The zero-order chi connectivity index (χ0) is 25.8. The molecule has 1 aliphatic heterocycles. The quantitative estimate of drug-likeness (QED) is 0.481. The molecule has 0 bridgehead atoms. The SMILES string of the molecule is CC(C)(C)NC(=O)c1cn(-c2c(F)cc(F)cc2F)c2nc(N3C[C@@H](O)[C@@H](O)C3)c(F)cc2c1=O. The molecule has 2 aromatic heterocycles. The third kappa shape index (κ3) is 4.58. The number of β-amino-alcohol motifs (C(OH)–C–C–N with tert-alkyl or cyclic N) is 2. The number of hydrogen-bond acceptors (Lipinski definition) is 6. The zero-order valence-corrected chi connectivity index (χ0v) is 18.9. The van der Waals surface area contributed by atoms with Crippen LogP contribution < -0.4 is 15.6 Å². The van der Waals surface area contributed by atoms with Gasteiger partial charge in [0, 0.05) is 37.0 Å². The van der Waals surface area contributed by atoms with E-state index in [0.717, 1.165) is 16.8 Å². The van der Waals surface area contributed by atoms with Crippen LogP contribution in [0.3, 0.4) is 0 Å². The molecule has 3 aromatic rings. The minimum absolute atomic E-state index is 0.188. The lowest BCUT2D eigenvalue weighted by atomic mass is 10.1. The van der Waals surface area contributed by atoms with Crippen molar-refractivity contribution in [3.05, 3.63) is 63.5 Å². The molecular formula is C23H22F4N4O4. The highest BCUT2D eigenvalue weighted by Crippen LogP contribution is 2.28. The number of carbonyl (C=O) groups excluding carboxylic acids is 1. The third-order valence-electron chi connectivity index (χ3n) is 5.43. The lowest BCUT2D eigenvalue weighted by molar-refractivity contribution is 0.0572. The maximum absolute atomic E-state index is 15.0. The first-order chi connectivity index (χ1) is 16.3. The summed E-state index contributed by atoms with van der Waals surface area (Å²) >= 11 is 0. The predicted octanol–water partition coefficient (Wildman–Crippen LogP) is 2.01. The lowest BCUT2D eigenvalue weighted by Crippen LogP contribution is -2.42. The Bertz CT molecular complexity index is 1370. The molecule has 1 fully saturated rings. The number of benzene rings is 1. The van der Waals surface area contributed by atoms with Crippen LogP contribution in [0.15, 0.2) is 29.2 Å². The van der Waals surface area contributed by atoms with E-state index in [1.54, 1.807) is 20.8 Å². The van der Waals surface area contributed by atoms with E-state index >= 15 is 4.39 Å². The minimum atomic E-state index is -1.35. The van der Waals surface area contributed by atoms with Crippen molar-refractivity contribution in [3.8, 4) is 5.69 Å². The van der Waals surface area contributed by atoms with Gasteiger partial charge in [-0.1, -0.05) is 0 Å². The molecule has 0 aliphatic carbocycles. The summed E-state index contributed by atoms with van der Waals surface area (Å²) in [5.41, 5.74) is -3.52. The third-order valence-corrected chi connectivity index (χ3v) is 5.43. The number of halogens is 4. The summed E-state index contributed by atoms with van der Waals surface area (Å²) in [6.07, 6.45) is -1.53.